The first-order valence-corrected chi connectivity index (χ1v) is 8.17. The quantitative estimate of drug-likeness (QED) is 0.832. The van der Waals surface area contributed by atoms with Crippen LogP contribution in [0, 0.1) is 11.3 Å². The van der Waals surface area contributed by atoms with Crippen molar-refractivity contribution in [2.75, 3.05) is 35.7 Å². The van der Waals surface area contributed by atoms with Crippen LogP contribution in [0.1, 0.15) is 18.4 Å². The summed E-state index contributed by atoms with van der Waals surface area (Å²) >= 11 is 0. The summed E-state index contributed by atoms with van der Waals surface area (Å²) in [5.74, 6) is 0.780. The molecule has 0 saturated carbocycles. The molecule has 1 aromatic rings. The predicted molar refractivity (Wildman–Crippen MR) is 72.5 cm³/mol. The summed E-state index contributed by atoms with van der Waals surface area (Å²) in [7, 11) is -3.08. The molecule has 1 saturated heterocycles. The molecule has 0 spiro atoms. The number of nitriles is 1. The molecule has 0 radical (unpaired) electrons. The highest BCUT2D eigenvalue weighted by Crippen LogP contribution is 2.27. The van der Waals surface area contributed by atoms with Gasteiger partial charge in [-0.1, -0.05) is 0 Å². The van der Waals surface area contributed by atoms with E-state index in [4.69, 9.17) is 5.73 Å². The van der Waals surface area contributed by atoms with Crippen molar-refractivity contribution in [3.8, 4) is 6.07 Å². The number of hydrogen-bond donors (Lipinski definition) is 1. The molecule has 2 rings (SSSR count). The molecule has 19 heavy (non-hydrogen) atoms. The SMILES string of the molecule is CS(=O)(=O)CCn1nc(N2CCCC2)c(C#N)c1N. The van der Waals surface area contributed by atoms with Crippen LogP contribution in [0.3, 0.4) is 0 Å². The Labute approximate surface area is 112 Å². The largest absolute Gasteiger partial charge is 0.383 e. The molecule has 104 valence electrons. The second kappa shape index (κ2) is 5.09. The van der Waals surface area contributed by atoms with E-state index in [0.717, 1.165) is 25.9 Å². The van der Waals surface area contributed by atoms with E-state index in [2.05, 4.69) is 11.2 Å². The van der Waals surface area contributed by atoms with E-state index in [9.17, 15) is 13.7 Å². The Balaban J connectivity index is 2.28. The number of nitrogens with two attached hydrogens (primary N) is 1. The minimum Gasteiger partial charge on any atom is -0.383 e. The third kappa shape index (κ3) is 2.98. The summed E-state index contributed by atoms with van der Waals surface area (Å²) in [6.07, 6.45) is 3.31. The Morgan fingerprint density at radius 1 is 1.42 bits per heavy atom. The first-order chi connectivity index (χ1) is 8.92. The van der Waals surface area contributed by atoms with Crippen LogP contribution >= 0.6 is 0 Å². The summed E-state index contributed by atoms with van der Waals surface area (Å²) in [5.41, 5.74) is 6.21. The fourth-order valence-electron chi connectivity index (χ4n) is 2.14. The van der Waals surface area contributed by atoms with E-state index < -0.39 is 9.84 Å². The molecule has 0 atom stereocenters. The topological polar surface area (TPSA) is 105 Å². The number of aromatic nitrogens is 2. The Hall–Kier alpha value is -1.75. The molecule has 1 aromatic heterocycles. The summed E-state index contributed by atoms with van der Waals surface area (Å²) in [6, 6.07) is 2.06. The molecular weight excluding hydrogens is 266 g/mol. The predicted octanol–water partition coefficient (Wildman–Crippen LogP) is -0.0182. The Kier molecular flexibility index (Phi) is 3.66. The highest BCUT2D eigenvalue weighted by atomic mass is 32.2. The van der Waals surface area contributed by atoms with Crippen LogP contribution in [0.5, 0.6) is 0 Å². The fraction of sp³-hybridized carbons (Fsp3) is 0.636. The second-order valence-corrected chi connectivity index (χ2v) is 7.00. The number of rotatable bonds is 4. The van der Waals surface area contributed by atoms with Gasteiger partial charge in [-0.15, -0.1) is 0 Å². The minimum absolute atomic E-state index is 0.0385. The highest BCUT2D eigenvalue weighted by molar-refractivity contribution is 7.90. The summed E-state index contributed by atoms with van der Waals surface area (Å²) in [5, 5.41) is 13.5. The molecule has 7 nitrogen and oxygen atoms in total. The van der Waals surface area contributed by atoms with E-state index in [-0.39, 0.29) is 18.1 Å². The standard InChI is InChI=1S/C11H17N5O2S/c1-19(17,18)7-6-16-10(13)9(8-12)11(14-16)15-4-2-3-5-15/h2-7,13H2,1H3. The lowest BCUT2D eigenvalue weighted by Gasteiger charge is -2.13. The first-order valence-electron chi connectivity index (χ1n) is 6.11. The Morgan fingerprint density at radius 3 is 2.58 bits per heavy atom. The zero-order valence-electron chi connectivity index (χ0n) is 10.8. The molecule has 0 aromatic carbocycles. The summed E-state index contributed by atoms with van der Waals surface area (Å²) in [6.45, 7) is 1.89. The maximum atomic E-state index is 11.2. The van der Waals surface area contributed by atoms with Gasteiger partial charge in [0.15, 0.2) is 5.82 Å². The molecule has 0 amide bonds. The van der Waals surface area contributed by atoms with E-state index in [1.807, 2.05) is 4.90 Å². The van der Waals surface area contributed by atoms with Gasteiger partial charge in [0.25, 0.3) is 0 Å². The maximum Gasteiger partial charge on any atom is 0.170 e. The van der Waals surface area contributed by atoms with Crippen LogP contribution in [0.4, 0.5) is 11.6 Å². The van der Waals surface area contributed by atoms with Crippen LogP contribution in [-0.4, -0.2) is 43.3 Å². The molecule has 1 fully saturated rings. The zero-order chi connectivity index (χ0) is 14.0. The monoisotopic (exact) mass is 283 g/mol. The number of hydrogen-bond acceptors (Lipinski definition) is 6. The average molecular weight is 283 g/mol. The van der Waals surface area contributed by atoms with Gasteiger partial charge in [0, 0.05) is 19.3 Å². The Bertz CT molecular complexity index is 608. The van der Waals surface area contributed by atoms with Crippen LogP contribution in [0.15, 0.2) is 0 Å². The maximum absolute atomic E-state index is 11.2. The fourth-order valence-corrected chi connectivity index (χ4v) is 2.65. The van der Waals surface area contributed by atoms with E-state index >= 15 is 0 Å². The lowest BCUT2D eigenvalue weighted by atomic mass is 10.3. The number of nitrogen functional groups attached to an aromatic ring is 1. The van der Waals surface area contributed by atoms with E-state index in [0.29, 0.717) is 11.4 Å². The van der Waals surface area contributed by atoms with Crippen molar-refractivity contribution < 1.29 is 8.42 Å². The van der Waals surface area contributed by atoms with Crippen molar-refractivity contribution in [2.24, 2.45) is 0 Å². The summed E-state index contributed by atoms with van der Waals surface area (Å²) in [4.78, 5) is 2.02. The number of nitrogens with zero attached hydrogens (tertiary/aromatic N) is 4. The van der Waals surface area contributed by atoms with Crippen molar-refractivity contribution in [3.63, 3.8) is 0 Å². The van der Waals surface area contributed by atoms with Gasteiger partial charge in [0.1, 0.15) is 27.3 Å². The van der Waals surface area contributed by atoms with Gasteiger partial charge < -0.3 is 10.6 Å². The third-order valence-electron chi connectivity index (χ3n) is 3.16. The van der Waals surface area contributed by atoms with Crippen molar-refractivity contribution in [3.05, 3.63) is 5.56 Å². The van der Waals surface area contributed by atoms with Gasteiger partial charge >= 0.3 is 0 Å². The van der Waals surface area contributed by atoms with Crippen LogP contribution < -0.4 is 10.6 Å². The van der Waals surface area contributed by atoms with Gasteiger partial charge in [-0.2, -0.15) is 10.4 Å². The third-order valence-corrected chi connectivity index (χ3v) is 4.09. The average Bonchev–Trinajstić information content (AvgIpc) is 2.93. The van der Waals surface area contributed by atoms with Crippen molar-refractivity contribution in [2.45, 2.75) is 19.4 Å². The molecule has 2 N–H and O–H groups in total. The molecule has 1 aliphatic heterocycles. The van der Waals surface area contributed by atoms with Gasteiger partial charge in [-0.25, -0.2) is 13.1 Å². The number of sulfone groups is 1. The lowest BCUT2D eigenvalue weighted by molar-refractivity contribution is 0.587. The van der Waals surface area contributed by atoms with Gasteiger partial charge in [0.2, 0.25) is 0 Å². The van der Waals surface area contributed by atoms with Gasteiger partial charge in [-0.05, 0) is 12.8 Å². The number of aryl methyl sites for hydroxylation is 1. The van der Waals surface area contributed by atoms with Gasteiger partial charge in [-0.3, -0.25) is 0 Å². The lowest BCUT2D eigenvalue weighted by Crippen LogP contribution is -2.19. The minimum atomic E-state index is -3.08. The van der Waals surface area contributed by atoms with Crippen molar-refractivity contribution in [1.29, 1.82) is 5.26 Å². The van der Waals surface area contributed by atoms with E-state index in [1.54, 1.807) is 0 Å². The smallest absolute Gasteiger partial charge is 0.170 e. The van der Waals surface area contributed by atoms with Crippen molar-refractivity contribution >= 4 is 21.5 Å². The van der Waals surface area contributed by atoms with E-state index in [1.165, 1.54) is 10.9 Å². The Morgan fingerprint density at radius 2 is 2.05 bits per heavy atom. The molecule has 0 bridgehead atoms. The molecular formula is C11H17N5O2S. The molecule has 2 heterocycles. The van der Waals surface area contributed by atoms with Crippen LogP contribution in [0.25, 0.3) is 0 Å². The van der Waals surface area contributed by atoms with Crippen LogP contribution in [0.2, 0.25) is 0 Å². The molecule has 0 aliphatic carbocycles. The zero-order valence-corrected chi connectivity index (χ0v) is 11.7. The molecule has 0 unspecified atom stereocenters. The number of anilines is 2. The van der Waals surface area contributed by atoms with Crippen molar-refractivity contribution in [1.82, 2.24) is 9.78 Å². The second-order valence-electron chi connectivity index (χ2n) is 4.74. The first kappa shape index (κ1) is 13.7. The normalized spacial score (nSPS) is 15.7. The molecule has 1 aliphatic rings. The summed E-state index contributed by atoms with van der Waals surface area (Å²) < 4.78 is 23.8. The van der Waals surface area contributed by atoms with Gasteiger partial charge in [0.05, 0.1) is 12.3 Å². The van der Waals surface area contributed by atoms with Crippen LogP contribution in [-0.2, 0) is 16.4 Å². The molecule has 8 heteroatoms. The highest BCUT2D eigenvalue weighted by Gasteiger charge is 2.23.